The molecule has 5 heteroatoms. The van der Waals surface area contributed by atoms with Gasteiger partial charge in [0.2, 0.25) is 5.91 Å². The first-order valence-electron chi connectivity index (χ1n) is 11.1. The van der Waals surface area contributed by atoms with Gasteiger partial charge in [-0.05, 0) is 24.8 Å². The molecule has 1 fully saturated rings. The topological polar surface area (TPSA) is 72.9 Å². The lowest BCUT2D eigenvalue weighted by Gasteiger charge is -2.24. The first-order chi connectivity index (χ1) is 14.8. The van der Waals surface area contributed by atoms with Crippen molar-refractivity contribution in [3.8, 4) is 11.3 Å². The Balaban J connectivity index is 1.53. The van der Waals surface area contributed by atoms with Gasteiger partial charge in [0.1, 0.15) is 5.82 Å². The van der Waals surface area contributed by atoms with E-state index in [1.54, 1.807) is 0 Å². The summed E-state index contributed by atoms with van der Waals surface area (Å²) in [6, 6.07) is 20.5. The predicted octanol–water partition coefficient (Wildman–Crippen LogP) is 4.16. The third-order valence-corrected chi connectivity index (χ3v) is 6.14. The van der Waals surface area contributed by atoms with Gasteiger partial charge in [-0.25, -0.2) is 4.98 Å². The molecule has 4 rings (SSSR count). The summed E-state index contributed by atoms with van der Waals surface area (Å²) < 4.78 is 2.17. The molecule has 0 atom stereocenters. The van der Waals surface area contributed by atoms with E-state index < -0.39 is 5.41 Å². The van der Waals surface area contributed by atoms with Gasteiger partial charge in [0.05, 0.1) is 11.1 Å². The largest absolute Gasteiger partial charge is 0.356 e. The van der Waals surface area contributed by atoms with Crippen LogP contribution in [-0.4, -0.2) is 27.5 Å². The number of hydrogen-bond acceptors (Lipinski definition) is 3. The number of aromatic nitrogens is 2. The van der Waals surface area contributed by atoms with Crippen LogP contribution in [-0.2, 0) is 17.8 Å². The molecule has 1 aromatic heterocycles. The van der Waals surface area contributed by atoms with Crippen LogP contribution < -0.4 is 11.1 Å². The molecule has 31 heavy (non-hydrogen) atoms. The van der Waals surface area contributed by atoms with Gasteiger partial charge in [-0.2, -0.15) is 0 Å². The zero-order chi connectivity index (χ0) is 21.9. The van der Waals surface area contributed by atoms with Gasteiger partial charge in [0.25, 0.3) is 0 Å². The van der Waals surface area contributed by atoms with Crippen molar-refractivity contribution >= 4 is 5.91 Å². The molecule has 0 saturated heterocycles. The Morgan fingerprint density at radius 2 is 1.74 bits per heavy atom. The molecule has 1 heterocycles. The standard InChI is InChI=1S/C26H32N4O/c1-25(2,24(31)28-16-15-26(27)13-14-26)17-23-29-22(21-11-7-4-8-12-21)19-30(23)18-20-9-5-3-6-10-20/h3-12,19H,13-18,27H2,1-2H3,(H,28,31). The van der Waals surface area contributed by atoms with Crippen LogP contribution in [0.1, 0.15) is 44.5 Å². The van der Waals surface area contributed by atoms with E-state index in [4.69, 9.17) is 10.7 Å². The van der Waals surface area contributed by atoms with Gasteiger partial charge in [-0.3, -0.25) is 4.79 Å². The number of hydrogen-bond donors (Lipinski definition) is 2. The third kappa shape index (κ3) is 5.42. The minimum absolute atomic E-state index is 0.0477. The van der Waals surface area contributed by atoms with Gasteiger partial charge in [0.15, 0.2) is 0 Å². The Morgan fingerprint density at radius 3 is 2.39 bits per heavy atom. The summed E-state index contributed by atoms with van der Waals surface area (Å²) in [6.45, 7) is 5.33. The molecular formula is C26H32N4O. The van der Waals surface area contributed by atoms with Crippen molar-refractivity contribution in [2.75, 3.05) is 6.54 Å². The van der Waals surface area contributed by atoms with Crippen molar-refractivity contribution in [3.05, 3.63) is 78.2 Å². The normalized spacial score (nSPS) is 14.9. The van der Waals surface area contributed by atoms with Crippen molar-refractivity contribution in [2.45, 2.75) is 51.6 Å². The maximum absolute atomic E-state index is 12.9. The van der Waals surface area contributed by atoms with Gasteiger partial charge < -0.3 is 15.6 Å². The SMILES string of the molecule is CC(C)(Cc1nc(-c2ccccc2)cn1Cc1ccccc1)C(=O)NCCC1(N)CC1. The van der Waals surface area contributed by atoms with E-state index in [1.165, 1.54) is 5.56 Å². The van der Waals surface area contributed by atoms with E-state index in [-0.39, 0.29) is 11.4 Å². The molecule has 1 amide bonds. The lowest BCUT2D eigenvalue weighted by Crippen LogP contribution is -2.41. The Morgan fingerprint density at radius 1 is 1.10 bits per heavy atom. The second-order valence-electron chi connectivity index (χ2n) is 9.45. The molecule has 2 aromatic carbocycles. The Kier molecular flexibility index (Phi) is 5.96. The summed E-state index contributed by atoms with van der Waals surface area (Å²) in [5, 5.41) is 3.09. The maximum Gasteiger partial charge on any atom is 0.226 e. The lowest BCUT2D eigenvalue weighted by atomic mass is 9.87. The first kappa shape index (κ1) is 21.3. The molecule has 1 saturated carbocycles. The van der Waals surface area contributed by atoms with E-state index in [2.05, 4.69) is 40.3 Å². The Hall–Kier alpha value is -2.92. The quantitative estimate of drug-likeness (QED) is 0.550. The number of carbonyl (C=O) groups is 1. The summed E-state index contributed by atoms with van der Waals surface area (Å²) >= 11 is 0. The molecule has 3 N–H and O–H groups in total. The van der Waals surface area contributed by atoms with Crippen LogP contribution in [0.5, 0.6) is 0 Å². The molecule has 1 aliphatic rings. The van der Waals surface area contributed by atoms with E-state index in [0.717, 1.165) is 42.9 Å². The minimum Gasteiger partial charge on any atom is -0.356 e. The smallest absolute Gasteiger partial charge is 0.226 e. The summed E-state index contributed by atoms with van der Waals surface area (Å²) in [4.78, 5) is 17.9. The monoisotopic (exact) mass is 416 g/mol. The summed E-state index contributed by atoms with van der Waals surface area (Å²) in [5.74, 6) is 0.965. The molecular weight excluding hydrogens is 384 g/mol. The highest BCUT2D eigenvalue weighted by atomic mass is 16.2. The number of amides is 1. The number of imidazole rings is 1. The highest BCUT2D eigenvalue weighted by Gasteiger charge is 2.38. The van der Waals surface area contributed by atoms with Gasteiger partial charge in [0, 0.05) is 36.8 Å². The molecule has 0 spiro atoms. The van der Waals surface area contributed by atoms with Crippen molar-refractivity contribution < 1.29 is 4.79 Å². The average Bonchev–Trinajstić information content (AvgIpc) is 3.37. The van der Waals surface area contributed by atoms with E-state index >= 15 is 0 Å². The highest BCUT2D eigenvalue weighted by Crippen LogP contribution is 2.35. The van der Waals surface area contributed by atoms with E-state index in [0.29, 0.717) is 13.0 Å². The van der Waals surface area contributed by atoms with E-state index in [9.17, 15) is 4.79 Å². The van der Waals surface area contributed by atoms with Crippen LogP contribution in [0.25, 0.3) is 11.3 Å². The second-order valence-corrected chi connectivity index (χ2v) is 9.45. The second kappa shape index (κ2) is 8.67. The number of nitrogens with one attached hydrogen (secondary N) is 1. The van der Waals surface area contributed by atoms with E-state index in [1.807, 2.05) is 50.2 Å². The third-order valence-electron chi connectivity index (χ3n) is 6.14. The molecule has 162 valence electrons. The van der Waals surface area contributed by atoms with Gasteiger partial charge in [-0.1, -0.05) is 74.5 Å². The lowest BCUT2D eigenvalue weighted by molar-refractivity contribution is -0.129. The van der Waals surface area contributed by atoms with Crippen LogP contribution >= 0.6 is 0 Å². The zero-order valence-corrected chi connectivity index (χ0v) is 18.5. The molecule has 3 aromatic rings. The van der Waals surface area contributed by atoms with Gasteiger partial charge >= 0.3 is 0 Å². The number of rotatable bonds is 9. The van der Waals surface area contributed by atoms with Crippen LogP contribution in [0.2, 0.25) is 0 Å². The van der Waals surface area contributed by atoms with Crippen molar-refractivity contribution in [3.63, 3.8) is 0 Å². The fraction of sp³-hybridized carbons (Fsp3) is 0.385. The fourth-order valence-electron chi connectivity index (χ4n) is 3.81. The molecule has 0 bridgehead atoms. The Labute approximate surface area is 184 Å². The van der Waals surface area contributed by atoms with Crippen LogP contribution in [0.4, 0.5) is 0 Å². The average molecular weight is 417 g/mol. The predicted molar refractivity (Wildman–Crippen MR) is 124 cm³/mol. The summed E-state index contributed by atoms with van der Waals surface area (Å²) in [6.07, 6.45) is 5.62. The number of nitrogens with two attached hydrogens (primary N) is 1. The van der Waals surface area contributed by atoms with Crippen LogP contribution in [0, 0.1) is 5.41 Å². The highest BCUT2D eigenvalue weighted by molar-refractivity contribution is 5.82. The summed E-state index contributed by atoms with van der Waals surface area (Å²) in [7, 11) is 0. The number of benzene rings is 2. The minimum atomic E-state index is -0.570. The molecule has 1 aliphatic carbocycles. The van der Waals surface area contributed by atoms with Crippen molar-refractivity contribution in [2.24, 2.45) is 11.1 Å². The molecule has 0 aliphatic heterocycles. The van der Waals surface area contributed by atoms with Crippen molar-refractivity contribution in [1.29, 1.82) is 0 Å². The maximum atomic E-state index is 12.9. The number of carbonyl (C=O) groups excluding carboxylic acids is 1. The first-order valence-corrected chi connectivity index (χ1v) is 11.1. The summed E-state index contributed by atoms with van der Waals surface area (Å²) in [5.41, 5.74) is 8.75. The van der Waals surface area contributed by atoms with Crippen LogP contribution in [0.3, 0.4) is 0 Å². The van der Waals surface area contributed by atoms with Gasteiger partial charge in [-0.15, -0.1) is 0 Å². The molecule has 0 radical (unpaired) electrons. The fourth-order valence-corrected chi connectivity index (χ4v) is 3.81. The Bertz CT molecular complexity index is 1020. The molecule has 0 unspecified atom stereocenters. The van der Waals surface area contributed by atoms with Crippen LogP contribution in [0.15, 0.2) is 66.9 Å². The molecule has 5 nitrogen and oxygen atoms in total. The zero-order valence-electron chi connectivity index (χ0n) is 18.5. The number of nitrogens with zero attached hydrogens (tertiary/aromatic N) is 2. The van der Waals surface area contributed by atoms with Crippen molar-refractivity contribution in [1.82, 2.24) is 14.9 Å².